The highest BCUT2D eigenvalue weighted by Crippen LogP contribution is 2.43. The lowest BCUT2D eigenvalue weighted by Gasteiger charge is -2.20. The molecule has 0 rings (SSSR count). The van der Waals surface area contributed by atoms with Gasteiger partial charge in [-0.3, -0.25) is 18.6 Å². The van der Waals surface area contributed by atoms with Gasteiger partial charge in [-0.05, 0) is 12.8 Å². The number of ether oxygens (including phenoxy) is 2. The lowest BCUT2D eigenvalue weighted by atomic mass is 10.3. The molecule has 0 spiro atoms. The second-order valence-electron chi connectivity index (χ2n) is 5.95. The molecule has 0 aromatic carbocycles. The number of esters is 2. The van der Waals surface area contributed by atoms with Gasteiger partial charge < -0.3 is 30.0 Å². The SMILES string of the molecule is C.C.C.C.CCC=CCC(=O)OCC(COP(=O)(O)OCC(N)C(=O)[O-])OC(=O)CC=CCC. The van der Waals surface area contributed by atoms with Crippen molar-refractivity contribution in [3.8, 4) is 0 Å². The minimum atomic E-state index is -4.71. The van der Waals surface area contributed by atoms with Crippen molar-refractivity contribution in [2.45, 2.75) is 81.4 Å². The number of carbonyl (C=O) groups excluding carboxylic acids is 3. The Labute approximate surface area is 204 Å². The molecule has 34 heavy (non-hydrogen) atoms. The molecule has 0 amide bonds. The minimum Gasteiger partial charge on any atom is -0.548 e. The minimum absolute atomic E-state index is 0. The largest absolute Gasteiger partial charge is 0.548 e. The van der Waals surface area contributed by atoms with Crippen molar-refractivity contribution < 1.29 is 47.5 Å². The van der Waals surface area contributed by atoms with Crippen LogP contribution in [-0.2, 0) is 37.5 Å². The molecule has 3 unspecified atom stereocenters. The molecule has 12 heteroatoms. The van der Waals surface area contributed by atoms with Gasteiger partial charge in [0.25, 0.3) is 0 Å². The number of phosphoric acid groups is 1. The van der Waals surface area contributed by atoms with Crippen molar-refractivity contribution in [3.63, 3.8) is 0 Å². The number of carboxylic acid groups (broad SMARTS) is 1. The summed E-state index contributed by atoms with van der Waals surface area (Å²) in [6.07, 6.45) is 6.98. The second kappa shape index (κ2) is 24.1. The van der Waals surface area contributed by atoms with E-state index in [1.54, 1.807) is 24.3 Å². The van der Waals surface area contributed by atoms with Gasteiger partial charge in [0.2, 0.25) is 0 Å². The molecule has 3 atom stereocenters. The van der Waals surface area contributed by atoms with Gasteiger partial charge in [0.15, 0.2) is 6.10 Å². The van der Waals surface area contributed by atoms with E-state index < -0.39 is 57.7 Å². The molecule has 11 nitrogen and oxygen atoms in total. The summed E-state index contributed by atoms with van der Waals surface area (Å²) < 4.78 is 31.1. The zero-order valence-electron chi connectivity index (χ0n) is 17.1. The third-order valence-electron chi connectivity index (χ3n) is 3.25. The smallest absolute Gasteiger partial charge is 0.472 e. The first kappa shape index (κ1) is 42.1. The van der Waals surface area contributed by atoms with Gasteiger partial charge in [0.05, 0.1) is 38.1 Å². The van der Waals surface area contributed by atoms with E-state index in [-0.39, 0.29) is 42.5 Å². The van der Waals surface area contributed by atoms with Gasteiger partial charge in [-0.25, -0.2) is 4.57 Å². The Bertz CT molecular complexity index is 652. The molecule has 0 saturated heterocycles. The predicted molar refractivity (Wildman–Crippen MR) is 131 cm³/mol. The van der Waals surface area contributed by atoms with Gasteiger partial charge in [-0.2, -0.15) is 0 Å². The summed E-state index contributed by atoms with van der Waals surface area (Å²) in [5.41, 5.74) is 5.12. The summed E-state index contributed by atoms with van der Waals surface area (Å²) in [7, 11) is -4.71. The number of hydrogen-bond donors (Lipinski definition) is 2. The molecule has 0 aliphatic rings. The zero-order valence-corrected chi connectivity index (χ0v) is 18.0. The van der Waals surface area contributed by atoms with Crippen LogP contribution < -0.4 is 10.8 Å². The number of allylic oxidation sites excluding steroid dienone is 2. The molecule has 0 aliphatic heterocycles. The van der Waals surface area contributed by atoms with Crippen LogP contribution in [0.1, 0.15) is 69.2 Å². The van der Waals surface area contributed by atoms with Gasteiger partial charge >= 0.3 is 19.8 Å². The Hall–Kier alpha value is -2.04. The summed E-state index contributed by atoms with van der Waals surface area (Å²) in [6, 6.07) is -1.63. The number of carboxylic acids is 1. The summed E-state index contributed by atoms with van der Waals surface area (Å²) >= 11 is 0. The average Bonchev–Trinajstić information content (AvgIpc) is 2.68. The summed E-state index contributed by atoms with van der Waals surface area (Å²) in [6.45, 7) is 1.89. The normalized spacial score (nSPS) is 13.8. The van der Waals surface area contributed by atoms with Crippen LogP contribution in [0.4, 0.5) is 0 Å². The number of nitrogens with two attached hydrogens (primary N) is 1. The van der Waals surface area contributed by atoms with Gasteiger partial charge in [0.1, 0.15) is 6.61 Å². The number of rotatable bonds is 16. The Morgan fingerprint density at radius 1 is 0.882 bits per heavy atom. The van der Waals surface area contributed by atoms with Crippen molar-refractivity contribution in [1.82, 2.24) is 0 Å². The first-order chi connectivity index (χ1) is 14.1. The maximum absolute atomic E-state index is 11.9. The maximum atomic E-state index is 11.9. The lowest BCUT2D eigenvalue weighted by Crippen LogP contribution is -2.44. The third kappa shape index (κ3) is 23.1. The highest BCUT2D eigenvalue weighted by Gasteiger charge is 2.26. The molecule has 0 aromatic rings. The molecule has 3 N–H and O–H groups in total. The van der Waals surface area contributed by atoms with E-state index >= 15 is 0 Å². The van der Waals surface area contributed by atoms with Crippen LogP contribution in [0.15, 0.2) is 24.3 Å². The highest BCUT2D eigenvalue weighted by molar-refractivity contribution is 7.47. The monoisotopic (exact) mass is 514 g/mol. The molecule has 0 fully saturated rings. The predicted octanol–water partition coefficient (Wildman–Crippen LogP) is 2.91. The Kier molecular flexibility index (Phi) is 29.9. The van der Waals surface area contributed by atoms with E-state index in [1.165, 1.54) is 0 Å². The van der Waals surface area contributed by atoms with Crippen LogP contribution in [0.5, 0.6) is 0 Å². The lowest BCUT2D eigenvalue weighted by molar-refractivity contribution is -0.308. The number of aliphatic carboxylic acids is 1. The average molecular weight is 515 g/mol. The topological polar surface area (TPSA) is 175 Å². The molecule has 0 aliphatic carbocycles. The van der Waals surface area contributed by atoms with E-state index in [0.717, 1.165) is 12.8 Å². The van der Waals surface area contributed by atoms with Crippen LogP contribution >= 0.6 is 7.82 Å². The van der Waals surface area contributed by atoms with Crippen molar-refractivity contribution in [3.05, 3.63) is 24.3 Å². The standard InChI is InChI=1S/C18H30NO10P.4CH4/c1-3-5-7-9-16(20)26-11-14(29-17(21)10-8-6-4-2)12-27-30(24,25)28-13-15(19)18(22)23;;;;/h5-8,14-15H,3-4,9-13,19H2,1-2H3,(H,22,23)(H,24,25);4*1H4/p-1. The summed E-state index contributed by atoms with van der Waals surface area (Å²) in [5.74, 6) is -2.93. The summed E-state index contributed by atoms with van der Waals surface area (Å²) in [5, 5.41) is 10.5. The Balaban J connectivity index is -0.000000701. The van der Waals surface area contributed by atoms with Crippen molar-refractivity contribution in [2.75, 3.05) is 19.8 Å². The Morgan fingerprint density at radius 2 is 1.35 bits per heavy atom. The number of carbonyl (C=O) groups is 3. The summed E-state index contributed by atoms with van der Waals surface area (Å²) in [4.78, 5) is 43.7. The van der Waals surface area contributed by atoms with E-state index in [4.69, 9.17) is 19.7 Å². The highest BCUT2D eigenvalue weighted by atomic mass is 31.2. The fourth-order valence-electron chi connectivity index (χ4n) is 1.74. The molecular formula is C22H45NO10P-. The fraction of sp³-hybridized carbons (Fsp3) is 0.682. The fourth-order valence-corrected chi connectivity index (χ4v) is 2.52. The molecule has 0 aromatic heterocycles. The maximum Gasteiger partial charge on any atom is 0.472 e. The van der Waals surface area contributed by atoms with E-state index in [9.17, 15) is 28.9 Å². The van der Waals surface area contributed by atoms with Crippen molar-refractivity contribution in [1.29, 1.82) is 0 Å². The molecular weight excluding hydrogens is 469 g/mol. The van der Waals surface area contributed by atoms with Gasteiger partial charge in [-0.15, -0.1) is 0 Å². The van der Waals surface area contributed by atoms with Gasteiger partial charge in [-0.1, -0.05) is 67.9 Å². The molecule has 204 valence electrons. The van der Waals surface area contributed by atoms with E-state index in [0.29, 0.717) is 0 Å². The molecule has 0 heterocycles. The first-order valence-corrected chi connectivity index (χ1v) is 10.8. The zero-order chi connectivity index (χ0) is 23.0. The molecule has 0 bridgehead atoms. The number of hydrogen-bond acceptors (Lipinski definition) is 10. The van der Waals surface area contributed by atoms with E-state index in [2.05, 4.69) is 4.52 Å². The Morgan fingerprint density at radius 3 is 1.82 bits per heavy atom. The first-order valence-electron chi connectivity index (χ1n) is 9.34. The molecule has 0 radical (unpaired) electrons. The third-order valence-corrected chi connectivity index (χ3v) is 4.20. The van der Waals surface area contributed by atoms with Crippen LogP contribution in [0.25, 0.3) is 0 Å². The van der Waals surface area contributed by atoms with Crippen LogP contribution in [0, 0.1) is 0 Å². The quantitative estimate of drug-likeness (QED) is 0.176. The number of phosphoric ester groups is 1. The second-order valence-corrected chi connectivity index (χ2v) is 7.40. The van der Waals surface area contributed by atoms with Crippen molar-refractivity contribution in [2.24, 2.45) is 5.73 Å². The van der Waals surface area contributed by atoms with Crippen LogP contribution in [0.2, 0.25) is 0 Å². The van der Waals surface area contributed by atoms with Crippen LogP contribution in [0.3, 0.4) is 0 Å². The molecule has 0 saturated carbocycles. The van der Waals surface area contributed by atoms with E-state index in [1.807, 2.05) is 13.8 Å². The van der Waals surface area contributed by atoms with Gasteiger partial charge in [0, 0.05) is 0 Å². The van der Waals surface area contributed by atoms with Crippen molar-refractivity contribution >= 4 is 25.7 Å². The van der Waals surface area contributed by atoms with Crippen LogP contribution in [-0.4, -0.2) is 54.8 Å².